The number of hydrogen-bond donors (Lipinski definition) is 1. The molecule has 0 radical (unpaired) electrons. The van der Waals surface area contributed by atoms with Crippen molar-refractivity contribution in [3.05, 3.63) is 75.2 Å². The van der Waals surface area contributed by atoms with Gasteiger partial charge in [-0.15, -0.1) is 11.3 Å². The lowest BCUT2D eigenvalue weighted by molar-refractivity contribution is 0.0955. The van der Waals surface area contributed by atoms with Gasteiger partial charge in [0.1, 0.15) is 0 Å². The third kappa shape index (κ3) is 4.05. The number of fused-ring (bicyclic) bond motifs is 1. The minimum absolute atomic E-state index is 0.0267. The number of benzene rings is 1. The summed E-state index contributed by atoms with van der Waals surface area (Å²) in [6.07, 6.45) is 9.85. The van der Waals surface area contributed by atoms with Crippen LogP contribution in [0.1, 0.15) is 50.5 Å². The number of thiophene rings is 1. The summed E-state index contributed by atoms with van der Waals surface area (Å²) >= 11 is 1.67. The van der Waals surface area contributed by atoms with Crippen LogP contribution >= 0.6 is 11.3 Å². The number of nitrogens with one attached hydrogen (secondary N) is 1. The molecule has 2 aromatic heterocycles. The van der Waals surface area contributed by atoms with Crippen molar-refractivity contribution in [2.45, 2.75) is 45.2 Å². The van der Waals surface area contributed by atoms with Crippen LogP contribution < -0.4 is 5.32 Å². The zero-order valence-corrected chi connectivity index (χ0v) is 15.6. The van der Waals surface area contributed by atoms with Gasteiger partial charge in [0.15, 0.2) is 0 Å². The van der Waals surface area contributed by atoms with Crippen molar-refractivity contribution in [2.75, 3.05) is 0 Å². The first-order chi connectivity index (χ1) is 12.8. The smallest absolute Gasteiger partial charge is 0.261 e. The highest BCUT2D eigenvalue weighted by Gasteiger charge is 2.16. The minimum atomic E-state index is 0.0267. The Balaban J connectivity index is 1.35. The molecule has 2 heterocycles. The Morgan fingerprint density at radius 1 is 1.12 bits per heavy atom. The second kappa shape index (κ2) is 7.87. The Kier molecular flexibility index (Phi) is 5.16. The fraction of sp³-hybridized carbons (Fsp3) is 0.333. The molecule has 0 unspecified atom stereocenters. The number of carbonyl (C=O) groups excluding carboxylic acids is 1. The summed E-state index contributed by atoms with van der Waals surface area (Å²) in [6.45, 7) is 1.25. The molecule has 1 amide bonds. The predicted octanol–water partition coefficient (Wildman–Crippen LogP) is 4.19. The third-order valence-corrected chi connectivity index (χ3v) is 6.03. The fourth-order valence-electron chi connectivity index (χ4n) is 3.40. The van der Waals surface area contributed by atoms with Gasteiger partial charge in [-0.25, -0.2) is 0 Å². The second-order valence-corrected chi connectivity index (χ2v) is 7.97. The van der Waals surface area contributed by atoms with Gasteiger partial charge in [0.05, 0.1) is 17.6 Å². The number of carbonyl (C=O) groups is 1. The Hall–Kier alpha value is -2.40. The monoisotopic (exact) mass is 365 g/mol. The van der Waals surface area contributed by atoms with Gasteiger partial charge in [-0.2, -0.15) is 5.10 Å². The summed E-state index contributed by atoms with van der Waals surface area (Å²) in [5.41, 5.74) is 3.62. The molecule has 0 saturated heterocycles. The number of aromatic nitrogens is 2. The van der Waals surface area contributed by atoms with Crippen LogP contribution in [-0.4, -0.2) is 15.7 Å². The van der Waals surface area contributed by atoms with Gasteiger partial charge in [0.25, 0.3) is 5.91 Å². The van der Waals surface area contributed by atoms with Crippen molar-refractivity contribution >= 4 is 17.2 Å². The molecule has 0 saturated carbocycles. The Morgan fingerprint density at radius 3 is 2.85 bits per heavy atom. The molecule has 0 bridgehead atoms. The summed E-state index contributed by atoms with van der Waals surface area (Å²) in [6, 6.07) is 12.3. The fourth-order valence-corrected chi connectivity index (χ4v) is 4.57. The summed E-state index contributed by atoms with van der Waals surface area (Å²) in [4.78, 5) is 14.7. The van der Waals surface area contributed by atoms with Crippen LogP contribution in [0.4, 0.5) is 0 Å². The number of rotatable bonds is 5. The maximum absolute atomic E-state index is 12.5. The van der Waals surface area contributed by atoms with E-state index < -0.39 is 0 Å². The molecule has 3 aromatic rings. The first-order valence-electron chi connectivity index (χ1n) is 9.23. The van der Waals surface area contributed by atoms with Crippen molar-refractivity contribution in [2.24, 2.45) is 0 Å². The molecule has 1 aliphatic carbocycles. The molecule has 0 fully saturated rings. The van der Waals surface area contributed by atoms with E-state index in [1.807, 2.05) is 35.3 Å². The highest BCUT2D eigenvalue weighted by molar-refractivity contribution is 7.14. The van der Waals surface area contributed by atoms with E-state index in [0.29, 0.717) is 6.54 Å². The maximum atomic E-state index is 12.5. The van der Waals surface area contributed by atoms with E-state index in [9.17, 15) is 4.79 Å². The SMILES string of the molecule is O=C(NCc1cnn(Cc2ccccc2)c1)c1cc2c(s1)CCCCC2. The summed E-state index contributed by atoms with van der Waals surface area (Å²) in [5.74, 6) is 0.0267. The largest absolute Gasteiger partial charge is 0.347 e. The predicted molar refractivity (Wildman–Crippen MR) is 105 cm³/mol. The van der Waals surface area contributed by atoms with Crippen LogP contribution in [0.15, 0.2) is 48.8 Å². The molecule has 5 heteroatoms. The average molecular weight is 366 g/mol. The van der Waals surface area contributed by atoms with Crippen LogP contribution in [0.5, 0.6) is 0 Å². The molecule has 1 aromatic carbocycles. The van der Waals surface area contributed by atoms with E-state index in [1.54, 1.807) is 11.3 Å². The zero-order valence-electron chi connectivity index (χ0n) is 14.8. The first-order valence-corrected chi connectivity index (χ1v) is 10.0. The van der Waals surface area contributed by atoms with Crippen molar-refractivity contribution in [1.29, 1.82) is 0 Å². The third-order valence-electron chi connectivity index (χ3n) is 4.80. The molecule has 1 aliphatic rings. The molecule has 4 nitrogen and oxygen atoms in total. The van der Waals surface area contributed by atoms with Gasteiger partial charge >= 0.3 is 0 Å². The van der Waals surface area contributed by atoms with Crippen LogP contribution in [-0.2, 0) is 25.9 Å². The van der Waals surface area contributed by atoms with Gasteiger partial charge in [-0.3, -0.25) is 9.48 Å². The summed E-state index contributed by atoms with van der Waals surface area (Å²) in [7, 11) is 0. The van der Waals surface area contributed by atoms with Gasteiger partial charge in [-0.1, -0.05) is 36.8 Å². The highest BCUT2D eigenvalue weighted by Crippen LogP contribution is 2.28. The number of amides is 1. The molecule has 0 spiro atoms. The Labute approximate surface area is 157 Å². The molecule has 26 heavy (non-hydrogen) atoms. The maximum Gasteiger partial charge on any atom is 0.261 e. The van der Waals surface area contributed by atoms with E-state index in [2.05, 4.69) is 28.6 Å². The average Bonchev–Trinajstić information content (AvgIpc) is 3.22. The molecule has 4 rings (SSSR count). The van der Waals surface area contributed by atoms with Gasteiger partial charge in [0.2, 0.25) is 0 Å². The van der Waals surface area contributed by atoms with Crippen LogP contribution in [0, 0.1) is 0 Å². The molecular weight excluding hydrogens is 342 g/mol. The Morgan fingerprint density at radius 2 is 1.96 bits per heavy atom. The molecule has 1 N–H and O–H groups in total. The van der Waals surface area contributed by atoms with Crippen molar-refractivity contribution in [3.8, 4) is 0 Å². The highest BCUT2D eigenvalue weighted by atomic mass is 32.1. The van der Waals surface area contributed by atoms with E-state index in [1.165, 1.54) is 35.3 Å². The van der Waals surface area contributed by atoms with E-state index in [4.69, 9.17) is 0 Å². The number of hydrogen-bond acceptors (Lipinski definition) is 3. The molecule has 0 aliphatic heterocycles. The summed E-state index contributed by atoms with van der Waals surface area (Å²) in [5, 5.41) is 7.43. The van der Waals surface area contributed by atoms with Crippen LogP contribution in [0.25, 0.3) is 0 Å². The lowest BCUT2D eigenvalue weighted by Gasteiger charge is -2.02. The Bertz CT molecular complexity index is 858. The lowest BCUT2D eigenvalue weighted by Crippen LogP contribution is -2.21. The topological polar surface area (TPSA) is 46.9 Å². The normalized spacial score (nSPS) is 13.8. The van der Waals surface area contributed by atoms with Gasteiger partial charge in [0, 0.05) is 23.2 Å². The molecule has 0 atom stereocenters. The minimum Gasteiger partial charge on any atom is -0.347 e. The second-order valence-electron chi connectivity index (χ2n) is 6.83. The van der Waals surface area contributed by atoms with Crippen molar-refractivity contribution in [3.63, 3.8) is 0 Å². The molecule has 134 valence electrons. The number of nitrogens with zero attached hydrogens (tertiary/aromatic N) is 2. The quantitative estimate of drug-likeness (QED) is 0.689. The first kappa shape index (κ1) is 17.0. The van der Waals surface area contributed by atoms with Gasteiger partial charge in [-0.05, 0) is 42.9 Å². The number of aryl methyl sites for hydroxylation is 2. The standard InChI is InChI=1S/C21H23N3OS/c25-21(20-11-18-9-5-2-6-10-19(18)26-20)22-12-17-13-23-24(15-17)14-16-7-3-1-4-8-16/h1,3-4,7-8,11,13,15H,2,5-6,9-10,12,14H2,(H,22,25). The van der Waals surface area contributed by atoms with E-state index in [-0.39, 0.29) is 5.91 Å². The van der Waals surface area contributed by atoms with Crippen molar-refractivity contribution in [1.82, 2.24) is 15.1 Å². The van der Waals surface area contributed by atoms with Crippen LogP contribution in [0.2, 0.25) is 0 Å². The van der Waals surface area contributed by atoms with E-state index in [0.717, 1.165) is 29.8 Å². The van der Waals surface area contributed by atoms with Gasteiger partial charge < -0.3 is 5.32 Å². The van der Waals surface area contributed by atoms with E-state index >= 15 is 0 Å². The lowest BCUT2D eigenvalue weighted by atomic mass is 10.1. The zero-order chi connectivity index (χ0) is 17.8. The summed E-state index contributed by atoms with van der Waals surface area (Å²) < 4.78 is 1.91. The van der Waals surface area contributed by atoms with Crippen molar-refractivity contribution < 1.29 is 4.79 Å². The van der Waals surface area contributed by atoms with Crippen LogP contribution in [0.3, 0.4) is 0 Å². The molecular formula is C21H23N3OS.